The van der Waals surface area contributed by atoms with Gasteiger partial charge in [0, 0.05) is 10.4 Å². The molecule has 2 aliphatic rings. The van der Waals surface area contributed by atoms with Gasteiger partial charge in [0.05, 0.1) is 0 Å². The predicted molar refractivity (Wildman–Crippen MR) is 59.4 cm³/mol. The van der Waals surface area contributed by atoms with Gasteiger partial charge in [0.1, 0.15) is 0 Å². The highest BCUT2D eigenvalue weighted by Crippen LogP contribution is 2.41. The molecule has 64 valence electrons. The molecule has 0 saturated carbocycles. The van der Waals surface area contributed by atoms with Crippen LogP contribution in [0.3, 0.4) is 0 Å². The molecule has 0 bridgehead atoms. The Labute approximate surface area is 89.7 Å². The van der Waals surface area contributed by atoms with E-state index in [1.165, 1.54) is 21.8 Å². The summed E-state index contributed by atoms with van der Waals surface area (Å²) >= 11 is 7.16. The highest BCUT2D eigenvalue weighted by Gasteiger charge is 2.23. The quantitative estimate of drug-likeness (QED) is 0.632. The zero-order valence-electron chi connectivity index (χ0n) is 6.69. The summed E-state index contributed by atoms with van der Waals surface area (Å²) in [7, 11) is 0. The Hall–Kier alpha value is 0.180. The fourth-order valence-corrected chi connectivity index (χ4v) is 2.63. The maximum absolute atomic E-state index is 3.61. The van der Waals surface area contributed by atoms with Crippen LogP contribution in [-0.4, -0.2) is 0 Å². The molecule has 0 N–H and O–H groups in total. The van der Waals surface area contributed by atoms with Crippen molar-refractivity contribution in [1.82, 2.24) is 0 Å². The van der Waals surface area contributed by atoms with E-state index in [-0.39, 0.29) is 0 Å². The van der Waals surface area contributed by atoms with Crippen molar-refractivity contribution in [3.8, 4) is 0 Å². The molecular formula is C10H10Br2. The van der Waals surface area contributed by atoms with Crippen molar-refractivity contribution in [2.45, 2.75) is 19.3 Å². The van der Waals surface area contributed by atoms with Gasteiger partial charge in [-0.1, -0.05) is 55.7 Å². The molecule has 0 amide bonds. The Morgan fingerprint density at radius 3 is 2.58 bits per heavy atom. The maximum atomic E-state index is 3.61. The van der Waals surface area contributed by atoms with Gasteiger partial charge in [0.15, 0.2) is 0 Å². The molecule has 0 spiro atoms. The minimum atomic E-state index is 0.623. The second-order valence-corrected chi connectivity index (χ2v) is 5.17. The van der Waals surface area contributed by atoms with Gasteiger partial charge in [-0.2, -0.15) is 0 Å². The van der Waals surface area contributed by atoms with E-state index in [0.717, 1.165) is 6.42 Å². The SMILES string of the molecule is BrC1=CC=C(Br)C(C2=CCC2)C1. The summed E-state index contributed by atoms with van der Waals surface area (Å²) in [4.78, 5) is 0. The molecule has 0 nitrogen and oxygen atoms in total. The fraction of sp³-hybridized carbons (Fsp3) is 0.400. The second kappa shape index (κ2) is 3.51. The summed E-state index contributed by atoms with van der Waals surface area (Å²) < 4.78 is 2.64. The Morgan fingerprint density at radius 2 is 2.00 bits per heavy atom. The fourth-order valence-electron chi connectivity index (χ4n) is 1.58. The van der Waals surface area contributed by atoms with Crippen molar-refractivity contribution < 1.29 is 0 Å². The molecule has 2 aliphatic carbocycles. The standard InChI is InChI=1S/C10H10Br2/c11-8-4-5-10(12)9(6-8)7-2-1-3-7/h2,4-5,9H,1,3,6H2. The Balaban J connectivity index is 2.18. The van der Waals surface area contributed by atoms with Gasteiger partial charge in [-0.3, -0.25) is 0 Å². The summed E-state index contributed by atoms with van der Waals surface area (Å²) in [6, 6.07) is 0. The molecule has 0 aromatic heterocycles. The third kappa shape index (κ3) is 1.60. The van der Waals surface area contributed by atoms with Crippen LogP contribution in [0.2, 0.25) is 0 Å². The van der Waals surface area contributed by atoms with Gasteiger partial charge in [-0.15, -0.1) is 0 Å². The van der Waals surface area contributed by atoms with Crippen LogP contribution in [0.25, 0.3) is 0 Å². The highest BCUT2D eigenvalue weighted by atomic mass is 79.9. The average molecular weight is 290 g/mol. The molecule has 12 heavy (non-hydrogen) atoms. The third-order valence-electron chi connectivity index (χ3n) is 2.44. The Kier molecular flexibility index (Phi) is 2.56. The molecule has 0 fully saturated rings. The normalized spacial score (nSPS) is 28.5. The summed E-state index contributed by atoms with van der Waals surface area (Å²) in [6.07, 6.45) is 10.3. The summed E-state index contributed by atoms with van der Waals surface area (Å²) in [5, 5.41) is 0. The van der Waals surface area contributed by atoms with Gasteiger partial charge in [-0.25, -0.2) is 0 Å². The summed E-state index contributed by atoms with van der Waals surface area (Å²) in [5.41, 5.74) is 1.60. The van der Waals surface area contributed by atoms with E-state index in [9.17, 15) is 0 Å². The number of allylic oxidation sites excluding steroid dienone is 6. The largest absolute Gasteiger partial charge is 0.0844 e. The average Bonchev–Trinajstić information content (AvgIpc) is 1.93. The van der Waals surface area contributed by atoms with Crippen LogP contribution in [0.15, 0.2) is 32.8 Å². The Morgan fingerprint density at radius 1 is 1.25 bits per heavy atom. The molecule has 0 radical (unpaired) electrons. The molecule has 1 unspecified atom stereocenters. The van der Waals surface area contributed by atoms with Crippen molar-refractivity contribution in [3.05, 3.63) is 32.8 Å². The minimum absolute atomic E-state index is 0.623. The van der Waals surface area contributed by atoms with E-state index in [4.69, 9.17) is 0 Å². The lowest BCUT2D eigenvalue weighted by Gasteiger charge is -2.26. The first-order valence-corrected chi connectivity index (χ1v) is 5.76. The number of hydrogen-bond acceptors (Lipinski definition) is 0. The van der Waals surface area contributed by atoms with Crippen molar-refractivity contribution in [3.63, 3.8) is 0 Å². The summed E-state index contributed by atoms with van der Waals surface area (Å²) in [6.45, 7) is 0. The van der Waals surface area contributed by atoms with Crippen molar-refractivity contribution in [2.24, 2.45) is 5.92 Å². The van der Waals surface area contributed by atoms with Gasteiger partial charge in [-0.05, 0) is 23.7 Å². The first kappa shape index (κ1) is 8.76. The number of rotatable bonds is 1. The first-order valence-electron chi connectivity index (χ1n) is 4.18. The van der Waals surface area contributed by atoms with Crippen molar-refractivity contribution in [2.75, 3.05) is 0 Å². The molecule has 0 heterocycles. The van der Waals surface area contributed by atoms with Crippen LogP contribution in [-0.2, 0) is 0 Å². The lowest BCUT2D eigenvalue weighted by Crippen LogP contribution is -2.11. The molecule has 2 rings (SSSR count). The van der Waals surface area contributed by atoms with Gasteiger partial charge in [0.2, 0.25) is 0 Å². The number of hydrogen-bond donors (Lipinski definition) is 0. The molecular weight excluding hydrogens is 280 g/mol. The van der Waals surface area contributed by atoms with E-state index < -0.39 is 0 Å². The molecule has 0 aromatic rings. The molecule has 2 heteroatoms. The van der Waals surface area contributed by atoms with Crippen LogP contribution in [0, 0.1) is 5.92 Å². The van der Waals surface area contributed by atoms with Crippen LogP contribution in [0.5, 0.6) is 0 Å². The number of halogens is 2. The highest BCUT2D eigenvalue weighted by molar-refractivity contribution is 9.12. The first-order chi connectivity index (χ1) is 5.77. The lowest BCUT2D eigenvalue weighted by molar-refractivity contribution is 0.660. The van der Waals surface area contributed by atoms with E-state index in [1.807, 2.05) is 0 Å². The Bertz CT molecular complexity index is 284. The van der Waals surface area contributed by atoms with E-state index >= 15 is 0 Å². The predicted octanol–water partition coefficient (Wildman–Crippen LogP) is 4.28. The van der Waals surface area contributed by atoms with E-state index in [2.05, 4.69) is 50.1 Å². The third-order valence-corrected chi connectivity index (χ3v) is 3.85. The van der Waals surface area contributed by atoms with Gasteiger partial charge in [0.25, 0.3) is 0 Å². The minimum Gasteiger partial charge on any atom is -0.0844 e. The van der Waals surface area contributed by atoms with E-state index in [0.29, 0.717) is 5.92 Å². The second-order valence-electron chi connectivity index (χ2n) is 3.24. The lowest BCUT2D eigenvalue weighted by atomic mass is 9.83. The van der Waals surface area contributed by atoms with Crippen molar-refractivity contribution >= 4 is 31.9 Å². The smallest absolute Gasteiger partial charge is 0.0160 e. The summed E-state index contributed by atoms with van der Waals surface area (Å²) in [5.74, 6) is 0.623. The van der Waals surface area contributed by atoms with Gasteiger partial charge >= 0.3 is 0 Å². The van der Waals surface area contributed by atoms with Crippen LogP contribution >= 0.6 is 31.9 Å². The van der Waals surface area contributed by atoms with Gasteiger partial charge < -0.3 is 0 Å². The molecule has 1 atom stereocenters. The zero-order chi connectivity index (χ0) is 8.55. The van der Waals surface area contributed by atoms with Crippen LogP contribution in [0.1, 0.15) is 19.3 Å². The molecule has 0 aromatic carbocycles. The molecule has 0 saturated heterocycles. The topological polar surface area (TPSA) is 0 Å². The monoisotopic (exact) mass is 288 g/mol. The van der Waals surface area contributed by atoms with Crippen LogP contribution in [0.4, 0.5) is 0 Å². The van der Waals surface area contributed by atoms with Crippen LogP contribution < -0.4 is 0 Å². The van der Waals surface area contributed by atoms with Crippen molar-refractivity contribution in [1.29, 1.82) is 0 Å². The van der Waals surface area contributed by atoms with E-state index in [1.54, 1.807) is 5.57 Å². The zero-order valence-corrected chi connectivity index (χ0v) is 9.86. The maximum Gasteiger partial charge on any atom is 0.0160 e. The molecule has 0 aliphatic heterocycles.